The van der Waals surface area contributed by atoms with Crippen molar-refractivity contribution in [3.63, 3.8) is 0 Å². The Morgan fingerprint density at radius 1 is 0.754 bits per heavy atom. The van der Waals surface area contributed by atoms with E-state index in [-0.39, 0.29) is 41.4 Å². The molecule has 0 aromatic heterocycles. The quantitative estimate of drug-likeness (QED) is 0.0769. The van der Waals surface area contributed by atoms with Crippen molar-refractivity contribution >= 4 is 23.1 Å². The molecule has 12 heteroatoms. The molecule has 2 amide bonds. The molecular formula is C49H49N5O7. The Labute approximate surface area is 355 Å². The Morgan fingerprint density at radius 2 is 1.44 bits per heavy atom. The minimum absolute atomic E-state index is 0.0235. The van der Waals surface area contributed by atoms with Gasteiger partial charge in [-0.15, -0.1) is 0 Å². The van der Waals surface area contributed by atoms with E-state index >= 15 is 0 Å². The van der Waals surface area contributed by atoms with Crippen LogP contribution >= 0.6 is 0 Å². The summed E-state index contributed by atoms with van der Waals surface area (Å²) in [7, 11) is 0. The molecule has 2 aliphatic heterocycles. The van der Waals surface area contributed by atoms with Gasteiger partial charge < -0.3 is 34.9 Å². The zero-order valence-corrected chi connectivity index (χ0v) is 33.9. The second-order valence-electron chi connectivity index (χ2n) is 15.5. The van der Waals surface area contributed by atoms with Crippen LogP contribution in [0.5, 0.6) is 11.5 Å². The summed E-state index contributed by atoms with van der Waals surface area (Å²) in [5, 5.41) is 26.7. The maximum absolute atomic E-state index is 12.8. The summed E-state index contributed by atoms with van der Waals surface area (Å²) < 4.78 is 19.4. The van der Waals surface area contributed by atoms with Crippen LogP contribution in [0.15, 0.2) is 152 Å². The predicted molar refractivity (Wildman–Crippen MR) is 235 cm³/mol. The summed E-state index contributed by atoms with van der Waals surface area (Å²) in [4.78, 5) is 28.2. The van der Waals surface area contributed by atoms with Crippen LogP contribution in [-0.2, 0) is 22.6 Å². The van der Waals surface area contributed by atoms with Crippen LogP contribution in [0.1, 0.15) is 41.6 Å². The summed E-state index contributed by atoms with van der Waals surface area (Å²) in [6.45, 7) is 6.50. The highest BCUT2D eigenvalue weighted by Crippen LogP contribution is 2.42. The average Bonchev–Trinajstić information content (AvgIpc) is 3.30. The largest absolute Gasteiger partial charge is 0.457 e. The fourth-order valence-electron chi connectivity index (χ4n) is 7.84. The monoisotopic (exact) mass is 819 g/mol. The number of benzene rings is 6. The molecule has 8 rings (SSSR count). The minimum atomic E-state index is -0.596. The molecule has 61 heavy (non-hydrogen) atoms. The van der Waals surface area contributed by atoms with Crippen LogP contribution in [0.2, 0.25) is 0 Å². The van der Waals surface area contributed by atoms with Crippen molar-refractivity contribution < 1.29 is 29.0 Å². The van der Waals surface area contributed by atoms with E-state index in [1.165, 1.54) is 0 Å². The lowest BCUT2D eigenvalue weighted by molar-refractivity contribution is -0.384. The third-order valence-corrected chi connectivity index (χ3v) is 11.3. The number of piperazine rings is 1. The van der Waals surface area contributed by atoms with Gasteiger partial charge in [-0.3, -0.25) is 15.0 Å². The van der Waals surface area contributed by atoms with Crippen molar-refractivity contribution in [2.24, 2.45) is 5.92 Å². The minimum Gasteiger partial charge on any atom is -0.457 e. The number of amides is 2. The molecular weight excluding hydrogens is 771 g/mol. The zero-order chi connectivity index (χ0) is 42.1. The lowest BCUT2D eigenvalue weighted by Gasteiger charge is -2.44. The van der Waals surface area contributed by atoms with E-state index in [0.717, 1.165) is 77.5 Å². The zero-order valence-electron chi connectivity index (χ0n) is 33.9. The Bertz CT molecular complexity index is 2370. The normalized spacial score (nSPS) is 19.2. The van der Waals surface area contributed by atoms with Gasteiger partial charge in [0, 0.05) is 74.3 Å². The van der Waals surface area contributed by atoms with E-state index in [2.05, 4.69) is 63.8 Å². The summed E-state index contributed by atoms with van der Waals surface area (Å²) in [6.07, 6.45) is -0.950. The number of aliphatic hydroxyl groups is 1. The highest BCUT2D eigenvalue weighted by molar-refractivity contribution is 5.89. The molecule has 4 unspecified atom stereocenters. The number of carbonyl (C=O) groups excluding carboxylic acids is 1. The van der Waals surface area contributed by atoms with Crippen molar-refractivity contribution in [3.05, 3.63) is 184 Å². The molecule has 12 nitrogen and oxygen atoms in total. The number of nitrogens with zero attached hydrogens (tertiary/aromatic N) is 3. The maximum atomic E-state index is 12.8. The Kier molecular flexibility index (Phi) is 13.0. The second kappa shape index (κ2) is 19.2. The van der Waals surface area contributed by atoms with Gasteiger partial charge in [-0.1, -0.05) is 91.9 Å². The summed E-state index contributed by atoms with van der Waals surface area (Å²) in [5.74, 6) is 1.47. The number of ether oxygens (including phenoxy) is 3. The number of nitrogens with one attached hydrogen (secondary N) is 2. The van der Waals surface area contributed by atoms with Crippen LogP contribution in [0.3, 0.4) is 0 Å². The first-order valence-corrected chi connectivity index (χ1v) is 20.6. The van der Waals surface area contributed by atoms with Gasteiger partial charge in [0.2, 0.25) is 0 Å². The molecule has 312 valence electrons. The topological polar surface area (TPSA) is 139 Å². The number of anilines is 2. The van der Waals surface area contributed by atoms with Crippen molar-refractivity contribution in [1.29, 1.82) is 0 Å². The molecule has 2 saturated heterocycles. The number of carbonyl (C=O) groups is 1. The summed E-state index contributed by atoms with van der Waals surface area (Å²) >= 11 is 0. The van der Waals surface area contributed by atoms with Crippen molar-refractivity contribution in [2.45, 2.75) is 38.6 Å². The van der Waals surface area contributed by atoms with Gasteiger partial charge in [-0.2, -0.15) is 0 Å². The van der Waals surface area contributed by atoms with Crippen LogP contribution in [0, 0.1) is 16.0 Å². The molecule has 0 bridgehead atoms. The highest BCUT2D eigenvalue weighted by Gasteiger charge is 2.39. The first-order chi connectivity index (χ1) is 29.8. The van der Waals surface area contributed by atoms with Crippen molar-refractivity contribution in [2.75, 3.05) is 42.9 Å². The molecule has 3 N–H and O–H groups in total. The van der Waals surface area contributed by atoms with Gasteiger partial charge in [0.05, 0.1) is 23.7 Å². The molecule has 4 atom stereocenters. The van der Waals surface area contributed by atoms with E-state index < -0.39 is 6.29 Å². The van der Waals surface area contributed by atoms with Gasteiger partial charge in [-0.25, -0.2) is 4.79 Å². The lowest BCUT2D eigenvalue weighted by atomic mass is 9.89. The third kappa shape index (κ3) is 10.4. The number of hydrogen-bond acceptors (Lipinski definition) is 9. The first kappa shape index (κ1) is 41.2. The number of para-hydroxylation sites is 1. The molecule has 6 aromatic rings. The Balaban J connectivity index is 0.896. The highest BCUT2D eigenvalue weighted by atomic mass is 16.7. The number of non-ortho nitro benzene ring substituents is 1. The van der Waals surface area contributed by atoms with E-state index in [1.807, 2.05) is 91.0 Å². The number of rotatable bonds is 13. The van der Waals surface area contributed by atoms with Crippen LogP contribution < -0.4 is 20.3 Å². The number of hydrogen-bond donors (Lipinski definition) is 3. The van der Waals surface area contributed by atoms with Crippen molar-refractivity contribution in [1.82, 2.24) is 10.2 Å². The summed E-state index contributed by atoms with van der Waals surface area (Å²) in [6, 6.07) is 47.5. The number of nitro groups is 1. The van der Waals surface area contributed by atoms with E-state index in [9.17, 15) is 20.0 Å². The third-order valence-electron chi connectivity index (χ3n) is 11.3. The van der Waals surface area contributed by atoms with E-state index in [1.54, 1.807) is 24.3 Å². The molecule has 6 aromatic carbocycles. The smallest absolute Gasteiger partial charge is 0.319 e. The molecule has 0 saturated carbocycles. The van der Waals surface area contributed by atoms with Crippen LogP contribution in [-0.4, -0.2) is 59.8 Å². The van der Waals surface area contributed by atoms with E-state index in [4.69, 9.17) is 14.2 Å². The molecule has 0 spiro atoms. The van der Waals surface area contributed by atoms with Gasteiger partial charge in [0.25, 0.3) is 5.69 Å². The second-order valence-corrected chi connectivity index (χ2v) is 15.5. The fourth-order valence-corrected chi connectivity index (χ4v) is 7.84. The average molecular weight is 820 g/mol. The molecule has 2 fully saturated rings. The number of nitro benzene ring substituents is 1. The molecule has 0 radical (unpaired) electrons. The number of urea groups is 1. The van der Waals surface area contributed by atoms with Crippen LogP contribution in [0.4, 0.5) is 21.9 Å². The number of aliphatic hydroxyl groups excluding tert-OH is 1. The molecule has 2 aliphatic rings. The fraction of sp³-hybridized carbons (Fsp3) is 0.245. The molecule has 0 aliphatic carbocycles. The van der Waals surface area contributed by atoms with Crippen LogP contribution in [0.25, 0.3) is 11.1 Å². The summed E-state index contributed by atoms with van der Waals surface area (Å²) in [5.41, 5.74) is 7.53. The maximum Gasteiger partial charge on any atom is 0.319 e. The molecule has 2 heterocycles. The standard InChI is InChI=1S/C49H49N5O7/c1-34-46(32-52-26-28-53(29-27-52)42-20-22-43(23-21-42)54(57)58)60-48(61-47(34)38-12-10-35(33-55)11-13-38)39-16-14-37(15-17-39)40-7-5-6-36(30-40)31-50-49(56)51-41-18-24-45(25-19-41)59-44-8-3-2-4-9-44/h2-25,30,34,46-48,55H,26-29,31-33H2,1H3,(H2,50,51,56). The predicted octanol–water partition coefficient (Wildman–Crippen LogP) is 9.48. The SMILES string of the molecule is CC1C(CN2CCN(c3ccc([N+](=O)[O-])cc3)CC2)OC(c2ccc(-c3cccc(CNC(=O)Nc4ccc(Oc5ccccc5)cc4)c3)cc2)OC1c1ccc(CO)cc1. The van der Waals surface area contributed by atoms with Crippen molar-refractivity contribution in [3.8, 4) is 22.6 Å². The Morgan fingerprint density at radius 3 is 2.13 bits per heavy atom. The van der Waals surface area contributed by atoms with Gasteiger partial charge in [-0.05, 0) is 82.4 Å². The van der Waals surface area contributed by atoms with Gasteiger partial charge in [0.15, 0.2) is 6.29 Å². The van der Waals surface area contributed by atoms with Gasteiger partial charge in [0.1, 0.15) is 11.5 Å². The Hall–Kier alpha value is -6.57. The van der Waals surface area contributed by atoms with Gasteiger partial charge >= 0.3 is 6.03 Å². The first-order valence-electron chi connectivity index (χ1n) is 20.6. The van der Waals surface area contributed by atoms with E-state index in [0.29, 0.717) is 18.0 Å². The lowest BCUT2D eigenvalue weighted by Crippen LogP contribution is -2.51.